The number of nitrogens with zero attached hydrogens (tertiary/aromatic N) is 2. The van der Waals surface area contributed by atoms with Gasteiger partial charge in [-0.3, -0.25) is 0 Å². The molecule has 5 heteroatoms. The van der Waals surface area contributed by atoms with E-state index in [0.717, 1.165) is 0 Å². The lowest BCUT2D eigenvalue weighted by Gasteiger charge is -2.10. The molecule has 0 radical (unpaired) electrons. The van der Waals surface area contributed by atoms with Crippen LogP contribution in [0.2, 0.25) is 0 Å². The molecule has 0 amide bonds. The summed E-state index contributed by atoms with van der Waals surface area (Å²) in [6.07, 6.45) is 3.61. The summed E-state index contributed by atoms with van der Waals surface area (Å²) in [5, 5.41) is 11.4. The molecule has 1 aromatic heterocycles. The normalized spacial score (nSPS) is 12.1. The Labute approximate surface area is 75.8 Å². The van der Waals surface area contributed by atoms with Gasteiger partial charge in [-0.2, -0.15) is 0 Å². The van der Waals surface area contributed by atoms with E-state index >= 15 is 0 Å². The second-order valence-electron chi connectivity index (χ2n) is 2.52. The summed E-state index contributed by atoms with van der Waals surface area (Å²) in [6.45, 7) is 1.79. The third kappa shape index (κ3) is 2.70. The van der Waals surface area contributed by atoms with Crippen molar-refractivity contribution >= 4 is 11.9 Å². The van der Waals surface area contributed by atoms with E-state index in [1.807, 2.05) is 0 Å². The summed E-state index contributed by atoms with van der Waals surface area (Å²) in [6, 6.07) is 1.05. The first-order chi connectivity index (χ1) is 6.24. The Kier molecular flexibility index (Phi) is 3.19. The highest BCUT2D eigenvalue weighted by atomic mass is 16.4. The van der Waals surface area contributed by atoms with Crippen molar-refractivity contribution in [3.05, 3.63) is 18.5 Å². The lowest BCUT2D eigenvalue weighted by molar-refractivity contribution is -0.137. The Morgan fingerprint density at radius 1 is 1.62 bits per heavy atom. The quantitative estimate of drug-likeness (QED) is 0.717. The molecule has 0 unspecified atom stereocenters. The van der Waals surface area contributed by atoms with Crippen LogP contribution in [0.5, 0.6) is 0 Å². The topological polar surface area (TPSA) is 75.1 Å². The van der Waals surface area contributed by atoms with Crippen molar-refractivity contribution in [2.24, 2.45) is 0 Å². The molecule has 2 N–H and O–H groups in total. The van der Waals surface area contributed by atoms with Crippen LogP contribution < -0.4 is 5.32 Å². The molecule has 0 aliphatic heterocycles. The molecule has 5 nitrogen and oxygen atoms in total. The fourth-order valence-electron chi connectivity index (χ4n) is 0.868. The predicted octanol–water partition coefficient (Wildman–Crippen LogP) is 0.752. The molecule has 0 saturated heterocycles. The first-order valence-corrected chi connectivity index (χ1v) is 4.00. The highest BCUT2D eigenvalue weighted by Crippen LogP contribution is 2.01. The van der Waals surface area contributed by atoms with Crippen molar-refractivity contribution in [2.45, 2.75) is 19.4 Å². The van der Waals surface area contributed by atoms with Crippen LogP contribution in [0.3, 0.4) is 0 Å². The minimum Gasteiger partial charge on any atom is -0.480 e. The average Bonchev–Trinajstić information content (AvgIpc) is 2.15. The number of aromatic nitrogens is 2. The second kappa shape index (κ2) is 4.39. The van der Waals surface area contributed by atoms with E-state index in [2.05, 4.69) is 15.3 Å². The number of aliphatic carboxylic acids is 1. The number of anilines is 1. The maximum atomic E-state index is 10.6. The molecule has 70 valence electrons. The summed E-state index contributed by atoms with van der Waals surface area (Å²) >= 11 is 0. The molecule has 1 rings (SSSR count). The van der Waals surface area contributed by atoms with Crippen LogP contribution in [0, 0.1) is 0 Å². The van der Waals surface area contributed by atoms with Crippen LogP contribution >= 0.6 is 0 Å². The summed E-state index contributed by atoms with van der Waals surface area (Å²) in [7, 11) is 0. The Morgan fingerprint density at radius 3 is 2.69 bits per heavy atom. The highest BCUT2D eigenvalue weighted by Gasteiger charge is 2.14. The Balaban J connectivity index is 2.62. The van der Waals surface area contributed by atoms with E-state index in [1.165, 1.54) is 0 Å². The van der Waals surface area contributed by atoms with Gasteiger partial charge in [0.1, 0.15) is 6.04 Å². The standard InChI is InChI=1S/C8H11N3O2/c1-2-6(7(12)13)11-8-9-4-3-5-10-8/h3-6H,2H2,1H3,(H,12,13)(H,9,10,11)/t6-/m1/s1. The Morgan fingerprint density at radius 2 is 2.23 bits per heavy atom. The van der Waals surface area contributed by atoms with Crippen molar-refractivity contribution < 1.29 is 9.90 Å². The van der Waals surface area contributed by atoms with Gasteiger partial charge < -0.3 is 10.4 Å². The van der Waals surface area contributed by atoms with Gasteiger partial charge >= 0.3 is 5.97 Å². The van der Waals surface area contributed by atoms with E-state index in [1.54, 1.807) is 25.4 Å². The number of nitrogens with one attached hydrogen (secondary N) is 1. The summed E-state index contributed by atoms with van der Waals surface area (Å²) in [5.74, 6) is -0.549. The van der Waals surface area contributed by atoms with E-state index < -0.39 is 12.0 Å². The van der Waals surface area contributed by atoms with Gasteiger partial charge in [-0.05, 0) is 12.5 Å². The van der Waals surface area contributed by atoms with E-state index in [-0.39, 0.29) is 0 Å². The molecule has 0 spiro atoms. The average molecular weight is 181 g/mol. The Bertz CT molecular complexity index is 276. The zero-order chi connectivity index (χ0) is 9.68. The van der Waals surface area contributed by atoms with Crippen LogP contribution in [0.25, 0.3) is 0 Å². The van der Waals surface area contributed by atoms with Crippen LogP contribution in [0.1, 0.15) is 13.3 Å². The van der Waals surface area contributed by atoms with Crippen LogP contribution in [-0.2, 0) is 4.79 Å². The minimum absolute atomic E-state index is 0.344. The molecule has 1 atom stereocenters. The number of hydrogen-bond donors (Lipinski definition) is 2. The molecule has 0 aliphatic carbocycles. The maximum Gasteiger partial charge on any atom is 0.326 e. The molecule has 0 fully saturated rings. The van der Waals surface area contributed by atoms with Gasteiger partial charge in [-0.1, -0.05) is 6.92 Å². The SMILES string of the molecule is CC[C@@H](Nc1ncccn1)C(=O)O. The zero-order valence-electron chi connectivity index (χ0n) is 7.27. The van der Waals surface area contributed by atoms with E-state index in [0.29, 0.717) is 12.4 Å². The first-order valence-electron chi connectivity index (χ1n) is 4.00. The first kappa shape index (κ1) is 9.44. The third-order valence-corrected chi connectivity index (χ3v) is 1.58. The number of rotatable bonds is 4. The van der Waals surface area contributed by atoms with Crippen molar-refractivity contribution in [2.75, 3.05) is 5.32 Å². The van der Waals surface area contributed by atoms with Crippen molar-refractivity contribution in [1.29, 1.82) is 0 Å². The van der Waals surface area contributed by atoms with Gasteiger partial charge in [0.2, 0.25) is 5.95 Å². The van der Waals surface area contributed by atoms with Gasteiger partial charge in [0.25, 0.3) is 0 Å². The number of carboxylic acid groups (broad SMARTS) is 1. The van der Waals surface area contributed by atoms with Gasteiger partial charge in [0.15, 0.2) is 0 Å². The predicted molar refractivity (Wildman–Crippen MR) is 47.4 cm³/mol. The molecule has 0 bridgehead atoms. The molecule has 0 aromatic carbocycles. The molecule has 0 aliphatic rings. The maximum absolute atomic E-state index is 10.6. The summed E-state index contributed by atoms with van der Waals surface area (Å²) in [5.41, 5.74) is 0. The molecule has 13 heavy (non-hydrogen) atoms. The monoisotopic (exact) mass is 181 g/mol. The molecular weight excluding hydrogens is 170 g/mol. The largest absolute Gasteiger partial charge is 0.480 e. The highest BCUT2D eigenvalue weighted by molar-refractivity contribution is 5.76. The number of carboxylic acids is 1. The smallest absolute Gasteiger partial charge is 0.326 e. The second-order valence-corrected chi connectivity index (χ2v) is 2.52. The van der Waals surface area contributed by atoms with Gasteiger partial charge in [-0.15, -0.1) is 0 Å². The fourth-order valence-corrected chi connectivity index (χ4v) is 0.868. The lowest BCUT2D eigenvalue weighted by atomic mass is 10.2. The van der Waals surface area contributed by atoms with Crippen molar-refractivity contribution in [3.63, 3.8) is 0 Å². The molecule has 1 aromatic rings. The van der Waals surface area contributed by atoms with Gasteiger partial charge in [0.05, 0.1) is 0 Å². The number of carbonyl (C=O) groups is 1. The van der Waals surface area contributed by atoms with Crippen LogP contribution in [0.15, 0.2) is 18.5 Å². The fraction of sp³-hybridized carbons (Fsp3) is 0.375. The Hall–Kier alpha value is -1.65. The number of hydrogen-bond acceptors (Lipinski definition) is 4. The molecule has 0 saturated carbocycles. The zero-order valence-corrected chi connectivity index (χ0v) is 7.27. The lowest BCUT2D eigenvalue weighted by Crippen LogP contribution is -2.29. The van der Waals surface area contributed by atoms with E-state index in [9.17, 15) is 4.79 Å². The molecule has 1 heterocycles. The van der Waals surface area contributed by atoms with Crippen molar-refractivity contribution in [3.8, 4) is 0 Å². The summed E-state index contributed by atoms with van der Waals surface area (Å²) in [4.78, 5) is 18.3. The molecular formula is C8H11N3O2. The minimum atomic E-state index is -0.894. The summed E-state index contributed by atoms with van der Waals surface area (Å²) < 4.78 is 0. The van der Waals surface area contributed by atoms with Gasteiger partial charge in [0, 0.05) is 12.4 Å². The third-order valence-electron chi connectivity index (χ3n) is 1.58. The van der Waals surface area contributed by atoms with Gasteiger partial charge in [-0.25, -0.2) is 14.8 Å². The van der Waals surface area contributed by atoms with E-state index in [4.69, 9.17) is 5.11 Å². The van der Waals surface area contributed by atoms with Crippen molar-refractivity contribution in [1.82, 2.24) is 9.97 Å². The van der Waals surface area contributed by atoms with Crippen LogP contribution in [-0.4, -0.2) is 27.1 Å². The van der Waals surface area contributed by atoms with Crippen LogP contribution in [0.4, 0.5) is 5.95 Å².